The standard InChI is InChI=1S/C20H30O4/c1-3-4-5-6-7-8-14-23-19(21)12-13-20(22)24-16-18-11-9-10-17(2)15-18/h9-11,15H,3-8,12-14,16H2,1-2H3. The summed E-state index contributed by atoms with van der Waals surface area (Å²) in [7, 11) is 0. The van der Waals surface area contributed by atoms with E-state index in [0.29, 0.717) is 6.61 Å². The van der Waals surface area contributed by atoms with E-state index in [1.807, 2.05) is 31.2 Å². The lowest BCUT2D eigenvalue weighted by atomic mass is 10.1. The molecule has 4 nitrogen and oxygen atoms in total. The first-order valence-corrected chi connectivity index (χ1v) is 8.98. The van der Waals surface area contributed by atoms with Crippen molar-refractivity contribution in [3.63, 3.8) is 0 Å². The Morgan fingerprint density at radius 2 is 1.58 bits per heavy atom. The topological polar surface area (TPSA) is 52.6 Å². The molecule has 1 rings (SSSR count). The van der Waals surface area contributed by atoms with E-state index in [-0.39, 0.29) is 31.4 Å². The molecule has 4 heteroatoms. The minimum absolute atomic E-state index is 0.0706. The Bertz CT molecular complexity index is 496. The van der Waals surface area contributed by atoms with Crippen LogP contribution in [-0.2, 0) is 25.7 Å². The molecule has 134 valence electrons. The van der Waals surface area contributed by atoms with Crippen molar-refractivity contribution in [2.45, 2.75) is 71.8 Å². The molecule has 0 heterocycles. The van der Waals surface area contributed by atoms with Crippen LogP contribution in [0.1, 0.15) is 69.4 Å². The monoisotopic (exact) mass is 334 g/mol. The Balaban J connectivity index is 2.04. The molecule has 0 N–H and O–H groups in total. The third kappa shape index (κ3) is 10.0. The van der Waals surface area contributed by atoms with Gasteiger partial charge in [-0.3, -0.25) is 9.59 Å². The van der Waals surface area contributed by atoms with Gasteiger partial charge in [0.25, 0.3) is 0 Å². The van der Waals surface area contributed by atoms with Crippen LogP contribution in [0.3, 0.4) is 0 Å². The zero-order valence-electron chi connectivity index (χ0n) is 15.0. The van der Waals surface area contributed by atoms with Crippen LogP contribution in [-0.4, -0.2) is 18.5 Å². The van der Waals surface area contributed by atoms with Gasteiger partial charge in [0, 0.05) is 0 Å². The molecule has 1 aromatic rings. The highest BCUT2D eigenvalue weighted by molar-refractivity contribution is 5.77. The van der Waals surface area contributed by atoms with Crippen molar-refractivity contribution in [3.8, 4) is 0 Å². The second-order valence-corrected chi connectivity index (χ2v) is 6.14. The summed E-state index contributed by atoms with van der Waals surface area (Å²) in [6.07, 6.45) is 7.08. The number of carbonyl (C=O) groups is 2. The fourth-order valence-corrected chi connectivity index (χ4v) is 2.38. The van der Waals surface area contributed by atoms with E-state index >= 15 is 0 Å². The van der Waals surface area contributed by atoms with E-state index in [1.165, 1.54) is 25.7 Å². The van der Waals surface area contributed by atoms with Gasteiger partial charge in [-0.25, -0.2) is 0 Å². The second-order valence-electron chi connectivity index (χ2n) is 6.14. The quantitative estimate of drug-likeness (QED) is 0.410. The molecular formula is C20H30O4. The fraction of sp³-hybridized carbons (Fsp3) is 0.600. The van der Waals surface area contributed by atoms with Crippen molar-refractivity contribution >= 4 is 11.9 Å². The minimum atomic E-state index is -0.368. The number of esters is 2. The van der Waals surface area contributed by atoms with Crippen LogP contribution < -0.4 is 0 Å². The minimum Gasteiger partial charge on any atom is -0.466 e. The Kier molecular flexibility index (Phi) is 10.6. The molecule has 0 saturated carbocycles. The first-order valence-electron chi connectivity index (χ1n) is 8.98. The van der Waals surface area contributed by atoms with Gasteiger partial charge in [-0.2, -0.15) is 0 Å². The number of hydrogen-bond acceptors (Lipinski definition) is 4. The molecule has 0 aliphatic rings. The van der Waals surface area contributed by atoms with Crippen molar-refractivity contribution in [3.05, 3.63) is 35.4 Å². The molecule has 0 aliphatic carbocycles. The number of carbonyl (C=O) groups excluding carboxylic acids is 2. The molecule has 0 saturated heterocycles. The summed E-state index contributed by atoms with van der Waals surface area (Å²) in [5.74, 6) is -0.691. The first-order chi connectivity index (χ1) is 11.6. The van der Waals surface area contributed by atoms with E-state index in [2.05, 4.69) is 6.92 Å². The summed E-state index contributed by atoms with van der Waals surface area (Å²) in [5, 5.41) is 0. The van der Waals surface area contributed by atoms with Gasteiger partial charge in [0.2, 0.25) is 0 Å². The lowest BCUT2D eigenvalue weighted by molar-refractivity contribution is -0.151. The van der Waals surface area contributed by atoms with Gasteiger partial charge >= 0.3 is 11.9 Å². The van der Waals surface area contributed by atoms with Crippen molar-refractivity contribution in [2.75, 3.05) is 6.61 Å². The van der Waals surface area contributed by atoms with Crippen LogP contribution in [0.15, 0.2) is 24.3 Å². The predicted molar refractivity (Wildman–Crippen MR) is 94.5 cm³/mol. The highest BCUT2D eigenvalue weighted by Crippen LogP contribution is 2.07. The van der Waals surface area contributed by atoms with Gasteiger partial charge in [0.15, 0.2) is 0 Å². The Labute approximate surface area is 145 Å². The summed E-state index contributed by atoms with van der Waals surface area (Å²) >= 11 is 0. The van der Waals surface area contributed by atoms with Crippen molar-refractivity contribution in [1.82, 2.24) is 0 Å². The van der Waals surface area contributed by atoms with Crippen LogP contribution in [0, 0.1) is 6.92 Å². The van der Waals surface area contributed by atoms with Gasteiger partial charge in [0.05, 0.1) is 19.4 Å². The molecule has 1 aromatic carbocycles. The predicted octanol–water partition coefficient (Wildman–Crippen LogP) is 4.72. The first kappa shape index (κ1) is 20.2. The maximum Gasteiger partial charge on any atom is 0.306 e. The van der Waals surface area contributed by atoms with Crippen LogP contribution in [0.2, 0.25) is 0 Å². The highest BCUT2D eigenvalue weighted by Gasteiger charge is 2.09. The lowest BCUT2D eigenvalue weighted by Gasteiger charge is -2.06. The second kappa shape index (κ2) is 12.6. The molecule has 0 spiro atoms. The van der Waals surface area contributed by atoms with Gasteiger partial charge in [-0.15, -0.1) is 0 Å². The number of unbranched alkanes of at least 4 members (excludes halogenated alkanes) is 5. The highest BCUT2D eigenvalue weighted by atomic mass is 16.5. The Hall–Kier alpha value is -1.84. The number of ether oxygens (including phenoxy) is 2. The lowest BCUT2D eigenvalue weighted by Crippen LogP contribution is -2.11. The molecule has 0 atom stereocenters. The number of hydrogen-bond donors (Lipinski definition) is 0. The SMILES string of the molecule is CCCCCCCCOC(=O)CCC(=O)OCc1cccc(C)c1. The molecule has 0 aliphatic heterocycles. The molecule has 0 bridgehead atoms. The van der Waals surface area contributed by atoms with Gasteiger partial charge in [-0.1, -0.05) is 68.9 Å². The van der Waals surface area contributed by atoms with Gasteiger partial charge in [-0.05, 0) is 18.9 Å². The normalized spacial score (nSPS) is 10.4. The van der Waals surface area contributed by atoms with E-state index < -0.39 is 0 Å². The maximum absolute atomic E-state index is 11.7. The molecular weight excluding hydrogens is 304 g/mol. The van der Waals surface area contributed by atoms with Crippen LogP contribution in [0.5, 0.6) is 0 Å². The molecule has 24 heavy (non-hydrogen) atoms. The van der Waals surface area contributed by atoms with Crippen LogP contribution in [0.4, 0.5) is 0 Å². The van der Waals surface area contributed by atoms with Crippen LogP contribution in [0.25, 0.3) is 0 Å². The average Bonchev–Trinajstić information content (AvgIpc) is 2.57. The third-order valence-corrected chi connectivity index (χ3v) is 3.78. The summed E-state index contributed by atoms with van der Waals surface area (Å²) in [4.78, 5) is 23.2. The third-order valence-electron chi connectivity index (χ3n) is 3.78. The van der Waals surface area contributed by atoms with Crippen LogP contribution >= 0.6 is 0 Å². The zero-order chi connectivity index (χ0) is 17.6. The molecule has 0 aromatic heterocycles. The van der Waals surface area contributed by atoms with E-state index in [0.717, 1.165) is 24.0 Å². The zero-order valence-corrected chi connectivity index (χ0v) is 15.0. The van der Waals surface area contributed by atoms with Gasteiger partial charge in [0.1, 0.15) is 6.61 Å². The van der Waals surface area contributed by atoms with E-state index in [1.54, 1.807) is 0 Å². The largest absolute Gasteiger partial charge is 0.466 e. The number of aryl methyl sites for hydroxylation is 1. The number of benzene rings is 1. The van der Waals surface area contributed by atoms with E-state index in [9.17, 15) is 9.59 Å². The maximum atomic E-state index is 11.7. The van der Waals surface area contributed by atoms with Crippen molar-refractivity contribution in [2.24, 2.45) is 0 Å². The Morgan fingerprint density at radius 3 is 2.29 bits per heavy atom. The Morgan fingerprint density at radius 1 is 0.917 bits per heavy atom. The molecule has 0 fully saturated rings. The van der Waals surface area contributed by atoms with E-state index in [4.69, 9.17) is 9.47 Å². The summed E-state index contributed by atoms with van der Waals surface area (Å²) in [5.41, 5.74) is 2.08. The summed E-state index contributed by atoms with van der Waals surface area (Å²) < 4.78 is 10.3. The number of rotatable bonds is 12. The molecule has 0 amide bonds. The molecule has 0 radical (unpaired) electrons. The van der Waals surface area contributed by atoms with Crippen molar-refractivity contribution < 1.29 is 19.1 Å². The van der Waals surface area contributed by atoms with Gasteiger partial charge < -0.3 is 9.47 Å². The average molecular weight is 334 g/mol. The summed E-state index contributed by atoms with van der Waals surface area (Å²) in [6.45, 7) is 4.87. The smallest absolute Gasteiger partial charge is 0.306 e. The molecule has 0 unspecified atom stereocenters. The summed E-state index contributed by atoms with van der Waals surface area (Å²) in [6, 6.07) is 7.81. The fourth-order valence-electron chi connectivity index (χ4n) is 2.38. The van der Waals surface area contributed by atoms with Crippen molar-refractivity contribution in [1.29, 1.82) is 0 Å².